The van der Waals surface area contributed by atoms with Crippen LogP contribution < -0.4 is 0 Å². The van der Waals surface area contributed by atoms with E-state index in [0.717, 1.165) is 6.42 Å². The molecule has 0 radical (unpaired) electrons. The second-order valence-corrected chi connectivity index (χ2v) is 5.15. The average molecular weight is 252 g/mol. The molecule has 0 bridgehead atoms. The molecule has 1 rings (SSSR count). The summed E-state index contributed by atoms with van der Waals surface area (Å²) in [6.07, 6.45) is -2.47. The molecule has 0 N–H and O–H groups in total. The maximum atomic E-state index is 11.9. The van der Waals surface area contributed by atoms with Gasteiger partial charge in [-0.15, -0.1) is 0 Å². The number of hydrogen-bond donors (Lipinski definition) is 0. The Bertz CT molecular complexity index is 295. The van der Waals surface area contributed by atoms with Crippen LogP contribution >= 0.6 is 0 Å². The Morgan fingerprint density at radius 3 is 2.41 bits per heavy atom. The number of rotatable bonds is 5. The minimum atomic E-state index is -4.29. The van der Waals surface area contributed by atoms with Crippen molar-refractivity contribution < 1.29 is 22.6 Å². The SMILES string of the molecule is C/C=C(/C)CC(C)(C)C1OC1OCC(F)(F)F. The van der Waals surface area contributed by atoms with Crippen LogP contribution in [0.25, 0.3) is 0 Å². The summed E-state index contributed by atoms with van der Waals surface area (Å²) in [7, 11) is 0. The smallest absolute Gasteiger partial charge is 0.341 e. The summed E-state index contributed by atoms with van der Waals surface area (Å²) in [6, 6.07) is 0. The van der Waals surface area contributed by atoms with Gasteiger partial charge in [0.25, 0.3) is 0 Å². The van der Waals surface area contributed by atoms with Gasteiger partial charge in [0, 0.05) is 0 Å². The highest BCUT2D eigenvalue weighted by molar-refractivity contribution is 5.04. The largest absolute Gasteiger partial charge is 0.411 e. The first-order valence-corrected chi connectivity index (χ1v) is 5.61. The van der Waals surface area contributed by atoms with Crippen molar-refractivity contribution in [3.8, 4) is 0 Å². The van der Waals surface area contributed by atoms with Crippen LogP contribution in [0.2, 0.25) is 0 Å². The Morgan fingerprint density at radius 1 is 1.35 bits per heavy atom. The van der Waals surface area contributed by atoms with Crippen molar-refractivity contribution in [3.63, 3.8) is 0 Å². The zero-order chi connectivity index (χ0) is 13.3. The normalized spacial score (nSPS) is 26.2. The number of alkyl halides is 3. The van der Waals surface area contributed by atoms with Gasteiger partial charge in [0.2, 0.25) is 0 Å². The van der Waals surface area contributed by atoms with Gasteiger partial charge in [-0.05, 0) is 25.7 Å². The van der Waals surface area contributed by atoms with Crippen LogP contribution in [0.3, 0.4) is 0 Å². The zero-order valence-corrected chi connectivity index (χ0v) is 10.6. The fourth-order valence-corrected chi connectivity index (χ4v) is 1.88. The maximum absolute atomic E-state index is 11.9. The monoisotopic (exact) mass is 252 g/mol. The molecule has 0 spiro atoms. The van der Waals surface area contributed by atoms with Gasteiger partial charge in [-0.1, -0.05) is 25.5 Å². The molecule has 2 atom stereocenters. The van der Waals surface area contributed by atoms with Crippen molar-refractivity contribution in [1.29, 1.82) is 0 Å². The summed E-state index contributed by atoms with van der Waals surface area (Å²) in [6.45, 7) is 6.64. The minimum Gasteiger partial charge on any atom is -0.341 e. The first-order valence-electron chi connectivity index (χ1n) is 5.61. The van der Waals surface area contributed by atoms with E-state index in [4.69, 9.17) is 4.74 Å². The van der Waals surface area contributed by atoms with Crippen molar-refractivity contribution in [2.75, 3.05) is 6.61 Å². The molecule has 2 unspecified atom stereocenters. The molecule has 2 nitrogen and oxygen atoms in total. The molecule has 17 heavy (non-hydrogen) atoms. The molecule has 0 aromatic carbocycles. The summed E-state index contributed by atoms with van der Waals surface area (Å²) >= 11 is 0. The molecule has 1 heterocycles. The first-order chi connectivity index (χ1) is 7.65. The third-order valence-corrected chi connectivity index (χ3v) is 2.86. The van der Waals surface area contributed by atoms with E-state index >= 15 is 0 Å². The molecule has 0 aromatic heterocycles. The second-order valence-electron chi connectivity index (χ2n) is 5.15. The Morgan fingerprint density at radius 2 is 1.94 bits per heavy atom. The minimum absolute atomic E-state index is 0.202. The summed E-state index contributed by atoms with van der Waals surface area (Å²) in [5, 5.41) is 0. The van der Waals surface area contributed by atoms with Crippen LogP contribution in [0.1, 0.15) is 34.1 Å². The summed E-state index contributed by atoms with van der Waals surface area (Å²) in [5.74, 6) is 0. The lowest BCUT2D eigenvalue weighted by atomic mass is 9.82. The van der Waals surface area contributed by atoms with E-state index in [9.17, 15) is 13.2 Å². The van der Waals surface area contributed by atoms with Gasteiger partial charge in [0.15, 0.2) is 6.29 Å². The van der Waals surface area contributed by atoms with Crippen molar-refractivity contribution in [2.24, 2.45) is 5.41 Å². The summed E-state index contributed by atoms with van der Waals surface area (Å²) in [5.41, 5.74) is 0.993. The highest BCUT2D eigenvalue weighted by Gasteiger charge is 2.51. The molecule has 100 valence electrons. The van der Waals surface area contributed by atoms with Gasteiger partial charge < -0.3 is 9.47 Å². The van der Waals surface area contributed by atoms with Crippen molar-refractivity contribution >= 4 is 0 Å². The number of epoxide rings is 1. The fourth-order valence-electron chi connectivity index (χ4n) is 1.88. The predicted molar refractivity (Wildman–Crippen MR) is 58.5 cm³/mol. The molecular formula is C12H19F3O2. The number of hydrogen-bond acceptors (Lipinski definition) is 2. The van der Waals surface area contributed by atoms with E-state index < -0.39 is 19.1 Å². The fraction of sp³-hybridized carbons (Fsp3) is 0.833. The first kappa shape index (κ1) is 14.5. The van der Waals surface area contributed by atoms with Gasteiger partial charge >= 0.3 is 6.18 Å². The van der Waals surface area contributed by atoms with Gasteiger partial charge in [-0.3, -0.25) is 0 Å². The summed E-state index contributed by atoms with van der Waals surface area (Å²) in [4.78, 5) is 0. The van der Waals surface area contributed by atoms with E-state index in [1.54, 1.807) is 0 Å². The van der Waals surface area contributed by atoms with Crippen LogP contribution in [-0.4, -0.2) is 25.2 Å². The van der Waals surface area contributed by atoms with Crippen LogP contribution in [0.4, 0.5) is 13.2 Å². The lowest BCUT2D eigenvalue weighted by Gasteiger charge is -2.22. The van der Waals surface area contributed by atoms with Crippen LogP contribution in [-0.2, 0) is 9.47 Å². The van der Waals surface area contributed by atoms with Gasteiger partial charge in [-0.25, -0.2) is 0 Å². The average Bonchev–Trinajstić information content (AvgIpc) is 2.92. The zero-order valence-electron chi connectivity index (χ0n) is 10.6. The molecule has 0 amide bonds. The van der Waals surface area contributed by atoms with E-state index in [1.165, 1.54) is 5.57 Å². The lowest BCUT2D eigenvalue weighted by molar-refractivity contribution is -0.184. The Labute approximate surface area is 99.8 Å². The number of ether oxygens (including phenoxy) is 2. The molecule has 0 aliphatic carbocycles. The van der Waals surface area contributed by atoms with Crippen LogP contribution in [0.5, 0.6) is 0 Å². The van der Waals surface area contributed by atoms with Gasteiger partial charge in [0.05, 0.1) is 0 Å². The molecule has 1 aliphatic heterocycles. The molecule has 0 saturated carbocycles. The molecule has 1 fully saturated rings. The van der Waals surface area contributed by atoms with E-state index in [2.05, 4.69) is 4.74 Å². The molecule has 1 aliphatic rings. The Balaban J connectivity index is 2.39. The molecule has 0 aromatic rings. The topological polar surface area (TPSA) is 21.8 Å². The van der Waals surface area contributed by atoms with Gasteiger partial charge in [-0.2, -0.15) is 13.2 Å². The predicted octanol–water partition coefficient (Wildman–Crippen LogP) is 3.67. The van der Waals surface area contributed by atoms with Crippen LogP contribution in [0, 0.1) is 5.41 Å². The van der Waals surface area contributed by atoms with E-state index in [-0.39, 0.29) is 11.5 Å². The van der Waals surface area contributed by atoms with Crippen molar-refractivity contribution in [2.45, 2.75) is 52.7 Å². The number of allylic oxidation sites excluding steroid dienone is 2. The van der Waals surface area contributed by atoms with Crippen LogP contribution in [0.15, 0.2) is 11.6 Å². The van der Waals surface area contributed by atoms with E-state index in [0.29, 0.717) is 0 Å². The Kier molecular flexibility index (Phi) is 4.25. The highest BCUT2D eigenvalue weighted by Crippen LogP contribution is 2.43. The van der Waals surface area contributed by atoms with E-state index in [1.807, 2.05) is 33.8 Å². The van der Waals surface area contributed by atoms with Gasteiger partial charge in [0.1, 0.15) is 12.7 Å². The maximum Gasteiger partial charge on any atom is 0.411 e. The van der Waals surface area contributed by atoms with Crippen molar-refractivity contribution in [1.82, 2.24) is 0 Å². The molecule has 1 saturated heterocycles. The third-order valence-electron chi connectivity index (χ3n) is 2.86. The highest BCUT2D eigenvalue weighted by atomic mass is 19.4. The van der Waals surface area contributed by atoms with Crippen molar-refractivity contribution in [3.05, 3.63) is 11.6 Å². The standard InChI is InChI=1S/C12H19F3O2/c1-5-8(2)6-11(3,4)9-10(17-9)16-7-12(13,14)15/h5,9-10H,6-7H2,1-4H3/b8-5-. The third kappa shape index (κ3) is 4.68. The summed E-state index contributed by atoms with van der Waals surface area (Å²) < 4.78 is 45.7. The number of halogens is 3. The second kappa shape index (κ2) is 4.98. The molecular weight excluding hydrogens is 233 g/mol. The lowest BCUT2D eigenvalue weighted by Crippen LogP contribution is -2.25. The quantitative estimate of drug-likeness (QED) is 0.550. The molecule has 5 heteroatoms. The Hall–Kier alpha value is -0.550.